The van der Waals surface area contributed by atoms with Gasteiger partial charge in [-0.1, -0.05) is 29.3 Å². The van der Waals surface area contributed by atoms with Crippen LogP contribution in [0.25, 0.3) is 0 Å². The molecule has 0 aliphatic carbocycles. The third-order valence-corrected chi connectivity index (χ3v) is 4.92. The minimum atomic E-state index is -0.303. The molecule has 0 aliphatic rings. The fourth-order valence-electron chi connectivity index (χ4n) is 2.28. The van der Waals surface area contributed by atoms with Gasteiger partial charge in [-0.2, -0.15) is 10.2 Å². The highest BCUT2D eigenvalue weighted by molar-refractivity contribution is 9.10. The van der Waals surface area contributed by atoms with E-state index in [4.69, 9.17) is 27.9 Å². The largest absolute Gasteiger partial charge is 0.468 e. The van der Waals surface area contributed by atoms with Gasteiger partial charge < -0.3 is 10.1 Å². The number of para-hydroxylation sites is 1. The van der Waals surface area contributed by atoms with Gasteiger partial charge in [0.1, 0.15) is 5.69 Å². The van der Waals surface area contributed by atoms with Crippen LogP contribution < -0.4 is 10.1 Å². The lowest BCUT2D eigenvalue weighted by molar-refractivity contribution is 0.0943. The van der Waals surface area contributed by atoms with Crippen LogP contribution in [0.4, 0.5) is 0 Å². The zero-order valence-corrected chi connectivity index (χ0v) is 17.4. The average Bonchev–Trinajstić information content (AvgIpc) is 3.26. The number of rotatable bonds is 7. The van der Waals surface area contributed by atoms with Gasteiger partial charge in [-0.05, 0) is 41.1 Å². The van der Waals surface area contributed by atoms with Crippen LogP contribution in [0.5, 0.6) is 5.75 Å². The Morgan fingerprint density at radius 2 is 1.96 bits per heavy atom. The van der Waals surface area contributed by atoms with Crippen LogP contribution in [0.15, 0.2) is 41.1 Å². The van der Waals surface area contributed by atoms with E-state index in [1.807, 2.05) is 13.1 Å². The Kier molecular flexibility index (Phi) is 6.41. The molecule has 0 atom stereocenters. The summed E-state index contributed by atoms with van der Waals surface area (Å²) in [5.74, 6) is 0.0705. The molecule has 2 heterocycles. The summed E-state index contributed by atoms with van der Waals surface area (Å²) >= 11 is 15.6. The molecule has 0 bridgehead atoms. The first kappa shape index (κ1) is 19.7. The molecular formula is C17H16BrCl2N5O2. The van der Waals surface area contributed by atoms with Gasteiger partial charge in [0.2, 0.25) is 0 Å². The summed E-state index contributed by atoms with van der Waals surface area (Å²) in [5, 5.41) is 12.2. The fourth-order valence-corrected chi connectivity index (χ4v) is 3.24. The number of benzene rings is 1. The highest BCUT2D eigenvalue weighted by atomic mass is 79.9. The van der Waals surface area contributed by atoms with Gasteiger partial charge in [0.05, 0.1) is 26.8 Å². The maximum atomic E-state index is 12.3. The van der Waals surface area contributed by atoms with Crippen LogP contribution in [0.2, 0.25) is 10.0 Å². The smallest absolute Gasteiger partial charge is 0.272 e. The highest BCUT2D eigenvalue weighted by Crippen LogP contribution is 2.32. The normalized spacial score (nSPS) is 10.8. The summed E-state index contributed by atoms with van der Waals surface area (Å²) in [6.45, 7) is 3.12. The lowest BCUT2D eigenvalue weighted by Gasteiger charge is -2.09. The molecule has 3 rings (SSSR count). The van der Waals surface area contributed by atoms with Crippen LogP contribution >= 0.6 is 39.1 Å². The average molecular weight is 473 g/mol. The quantitative estimate of drug-likeness (QED) is 0.560. The molecule has 1 amide bonds. The van der Waals surface area contributed by atoms with Crippen molar-refractivity contribution in [3.63, 3.8) is 0 Å². The molecule has 7 nitrogen and oxygen atoms in total. The fraction of sp³-hybridized carbons (Fsp3) is 0.235. The second-order valence-corrected chi connectivity index (χ2v) is 7.20. The topological polar surface area (TPSA) is 74.0 Å². The van der Waals surface area contributed by atoms with E-state index in [9.17, 15) is 4.79 Å². The Balaban J connectivity index is 1.58. The summed E-state index contributed by atoms with van der Waals surface area (Å²) in [6.07, 6.45) is 3.51. The molecule has 142 valence electrons. The first-order chi connectivity index (χ1) is 13.0. The van der Waals surface area contributed by atoms with Crippen molar-refractivity contribution in [1.82, 2.24) is 24.9 Å². The van der Waals surface area contributed by atoms with E-state index >= 15 is 0 Å². The van der Waals surface area contributed by atoms with Crippen molar-refractivity contribution in [2.75, 3.05) is 0 Å². The van der Waals surface area contributed by atoms with Gasteiger partial charge in [-0.15, -0.1) is 0 Å². The van der Waals surface area contributed by atoms with Crippen molar-refractivity contribution in [3.05, 3.63) is 62.6 Å². The molecule has 3 aromatic rings. The molecule has 2 aromatic heterocycles. The summed E-state index contributed by atoms with van der Waals surface area (Å²) in [7, 11) is 0. The molecule has 10 heteroatoms. The SMILES string of the molecule is CCn1cc(Br)c(CNC(=O)c2ccn(COc3c(Cl)cccc3Cl)n2)n1. The van der Waals surface area contributed by atoms with Gasteiger partial charge in [0.25, 0.3) is 5.91 Å². The molecule has 0 aliphatic heterocycles. The maximum Gasteiger partial charge on any atom is 0.272 e. The molecule has 0 saturated carbocycles. The third kappa shape index (κ3) is 4.82. The van der Waals surface area contributed by atoms with Gasteiger partial charge in [0.15, 0.2) is 12.5 Å². The Labute approximate surface area is 174 Å². The Bertz CT molecular complexity index is 936. The monoisotopic (exact) mass is 471 g/mol. The molecule has 0 radical (unpaired) electrons. The van der Waals surface area contributed by atoms with E-state index < -0.39 is 0 Å². The number of nitrogens with zero attached hydrogens (tertiary/aromatic N) is 4. The van der Waals surface area contributed by atoms with Crippen molar-refractivity contribution in [2.45, 2.75) is 26.7 Å². The Hall–Kier alpha value is -2.03. The van der Waals surface area contributed by atoms with Crippen LogP contribution in [-0.2, 0) is 19.8 Å². The number of carbonyl (C=O) groups is 1. The Morgan fingerprint density at radius 1 is 1.22 bits per heavy atom. The molecule has 0 spiro atoms. The van der Waals surface area contributed by atoms with Gasteiger partial charge >= 0.3 is 0 Å². The number of hydrogen-bond donors (Lipinski definition) is 1. The van der Waals surface area contributed by atoms with E-state index in [2.05, 4.69) is 31.4 Å². The lowest BCUT2D eigenvalue weighted by atomic mass is 10.3. The predicted molar refractivity (Wildman–Crippen MR) is 106 cm³/mol. The Morgan fingerprint density at radius 3 is 2.63 bits per heavy atom. The summed E-state index contributed by atoms with van der Waals surface area (Å²) in [6, 6.07) is 6.70. The van der Waals surface area contributed by atoms with Gasteiger partial charge in [-0.25, -0.2) is 4.68 Å². The second-order valence-electron chi connectivity index (χ2n) is 5.53. The third-order valence-electron chi connectivity index (χ3n) is 3.66. The van der Waals surface area contributed by atoms with Crippen molar-refractivity contribution in [3.8, 4) is 5.75 Å². The van der Waals surface area contributed by atoms with E-state index in [0.717, 1.165) is 16.7 Å². The first-order valence-corrected chi connectivity index (χ1v) is 9.63. The zero-order chi connectivity index (χ0) is 19.4. The number of hydrogen-bond acceptors (Lipinski definition) is 4. The van der Waals surface area contributed by atoms with E-state index in [-0.39, 0.29) is 18.3 Å². The number of aromatic nitrogens is 4. The number of aryl methyl sites for hydroxylation is 1. The van der Waals surface area contributed by atoms with E-state index in [1.165, 1.54) is 4.68 Å². The molecular weight excluding hydrogens is 457 g/mol. The number of halogens is 3. The number of carbonyl (C=O) groups excluding carboxylic acids is 1. The summed E-state index contributed by atoms with van der Waals surface area (Å²) in [4.78, 5) is 12.3. The zero-order valence-electron chi connectivity index (χ0n) is 14.3. The number of ether oxygens (including phenoxy) is 1. The molecule has 1 aromatic carbocycles. The minimum absolute atomic E-state index is 0.0726. The molecule has 1 N–H and O–H groups in total. The van der Waals surface area contributed by atoms with Gasteiger partial charge in [-0.3, -0.25) is 9.48 Å². The standard InChI is InChI=1S/C17H16BrCl2N5O2/c1-2-24-9-11(18)15(23-24)8-21-17(26)14-6-7-25(22-14)10-27-16-12(19)4-3-5-13(16)20/h3-7,9H,2,8,10H2,1H3,(H,21,26). The molecule has 27 heavy (non-hydrogen) atoms. The minimum Gasteiger partial charge on any atom is -0.468 e. The first-order valence-electron chi connectivity index (χ1n) is 8.08. The predicted octanol–water partition coefficient (Wildman–Crippen LogP) is 4.14. The lowest BCUT2D eigenvalue weighted by Crippen LogP contribution is -2.24. The van der Waals surface area contributed by atoms with Gasteiger partial charge in [0, 0.05) is 18.9 Å². The summed E-state index contributed by atoms with van der Waals surface area (Å²) in [5.41, 5.74) is 1.02. The van der Waals surface area contributed by atoms with Crippen molar-refractivity contribution in [2.24, 2.45) is 0 Å². The molecule has 0 saturated heterocycles. The highest BCUT2D eigenvalue weighted by Gasteiger charge is 2.13. The van der Waals surface area contributed by atoms with Crippen LogP contribution in [-0.4, -0.2) is 25.5 Å². The summed E-state index contributed by atoms with van der Waals surface area (Å²) < 4.78 is 9.71. The van der Waals surface area contributed by atoms with E-state index in [0.29, 0.717) is 22.3 Å². The van der Waals surface area contributed by atoms with Crippen molar-refractivity contribution in [1.29, 1.82) is 0 Å². The molecule has 0 fully saturated rings. The second kappa shape index (κ2) is 8.77. The number of amides is 1. The maximum absolute atomic E-state index is 12.3. The van der Waals surface area contributed by atoms with E-state index in [1.54, 1.807) is 35.1 Å². The molecule has 0 unspecified atom stereocenters. The number of nitrogens with one attached hydrogen (secondary N) is 1. The van der Waals surface area contributed by atoms with Crippen LogP contribution in [0, 0.1) is 0 Å². The van der Waals surface area contributed by atoms with Crippen LogP contribution in [0.3, 0.4) is 0 Å². The van der Waals surface area contributed by atoms with Crippen molar-refractivity contribution >= 4 is 45.0 Å². The van der Waals surface area contributed by atoms with Crippen molar-refractivity contribution < 1.29 is 9.53 Å². The van der Waals surface area contributed by atoms with Crippen LogP contribution in [0.1, 0.15) is 23.1 Å².